The van der Waals surface area contributed by atoms with Crippen LogP contribution in [0.15, 0.2) is 11.4 Å². The molecule has 0 aliphatic heterocycles. The van der Waals surface area contributed by atoms with Crippen LogP contribution in [0.3, 0.4) is 0 Å². The van der Waals surface area contributed by atoms with Crippen molar-refractivity contribution in [3.63, 3.8) is 0 Å². The molecule has 0 saturated carbocycles. The van der Waals surface area contributed by atoms with Crippen molar-refractivity contribution in [1.82, 2.24) is 15.0 Å². The van der Waals surface area contributed by atoms with E-state index in [1.54, 1.807) is 0 Å². The van der Waals surface area contributed by atoms with Crippen LogP contribution in [-0.4, -0.2) is 15.0 Å². The molecule has 17 heavy (non-hydrogen) atoms. The second-order valence-corrected chi connectivity index (χ2v) is 5.90. The van der Waals surface area contributed by atoms with Gasteiger partial charge in [0.1, 0.15) is 5.82 Å². The van der Waals surface area contributed by atoms with Crippen LogP contribution in [0.2, 0.25) is 0 Å². The summed E-state index contributed by atoms with van der Waals surface area (Å²) in [7, 11) is 0. The zero-order valence-electron chi connectivity index (χ0n) is 10.5. The molecule has 5 heteroatoms. The largest absolute Gasteiger partial charge is 0.384 e. The van der Waals surface area contributed by atoms with Crippen LogP contribution in [0.4, 0.5) is 5.82 Å². The minimum absolute atomic E-state index is 0.0435. The highest BCUT2D eigenvalue weighted by Crippen LogP contribution is 2.26. The van der Waals surface area contributed by atoms with Gasteiger partial charge in [0.05, 0.1) is 5.69 Å². The van der Waals surface area contributed by atoms with Crippen molar-refractivity contribution >= 4 is 17.2 Å². The number of aromatic nitrogens is 3. The van der Waals surface area contributed by atoms with E-state index in [1.165, 1.54) is 11.3 Å². The Morgan fingerprint density at radius 3 is 2.41 bits per heavy atom. The Kier molecular flexibility index (Phi) is 2.87. The lowest BCUT2D eigenvalue weighted by atomic mass is 9.92. The summed E-state index contributed by atoms with van der Waals surface area (Å²) >= 11 is 1.54. The van der Waals surface area contributed by atoms with Gasteiger partial charge in [0.2, 0.25) is 0 Å². The maximum absolute atomic E-state index is 5.83. The summed E-state index contributed by atoms with van der Waals surface area (Å²) in [5.41, 5.74) is 7.70. The summed E-state index contributed by atoms with van der Waals surface area (Å²) < 4.78 is 0. The van der Waals surface area contributed by atoms with Gasteiger partial charge in [-0.1, -0.05) is 20.8 Å². The van der Waals surface area contributed by atoms with E-state index in [0.29, 0.717) is 11.6 Å². The molecule has 2 heterocycles. The van der Waals surface area contributed by atoms with Crippen molar-refractivity contribution < 1.29 is 0 Å². The molecule has 0 atom stereocenters. The lowest BCUT2D eigenvalue weighted by Gasteiger charge is -2.18. The first kappa shape index (κ1) is 12.0. The molecule has 0 aliphatic rings. The van der Waals surface area contributed by atoms with Gasteiger partial charge in [-0.15, -0.1) is 11.3 Å². The van der Waals surface area contributed by atoms with E-state index in [2.05, 4.69) is 35.7 Å². The topological polar surface area (TPSA) is 64.7 Å². The second kappa shape index (κ2) is 4.07. The van der Waals surface area contributed by atoms with Crippen molar-refractivity contribution in [2.75, 3.05) is 5.73 Å². The lowest BCUT2D eigenvalue weighted by molar-refractivity contribution is 0.568. The highest BCUT2D eigenvalue weighted by Gasteiger charge is 2.18. The smallest absolute Gasteiger partial charge is 0.190 e. The minimum atomic E-state index is -0.0435. The Balaban J connectivity index is 2.52. The first-order valence-corrected chi connectivity index (χ1v) is 6.32. The summed E-state index contributed by atoms with van der Waals surface area (Å²) in [6.45, 7) is 8.26. The average Bonchev–Trinajstić information content (AvgIpc) is 2.62. The number of nitrogen functional groups attached to an aromatic ring is 1. The third kappa shape index (κ3) is 2.61. The van der Waals surface area contributed by atoms with Gasteiger partial charge in [-0.05, 0) is 6.92 Å². The number of anilines is 1. The number of aryl methyl sites for hydroxylation is 1. The summed E-state index contributed by atoms with van der Waals surface area (Å²) in [4.78, 5) is 13.2. The summed E-state index contributed by atoms with van der Waals surface area (Å²) in [6.07, 6.45) is 0. The monoisotopic (exact) mass is 248 g/mol. The molecule has 0 saturated heterocycles. The summed E-state index contributed by atoms with van der Waals surface area (Å²) in [6, 6.07) is 1.82. The van der Waals surface area contributed by atoms with E-state index in [1.807, 2.05) is 18.4 Å². The fraction of sp³-hybridized carbons (Fsp3) is 0.417. The zero-order valence-corrected chi connectivity index (χ0v) is 11.3. The standard InChI is InChI=1S/C12H16N4S/c1-7-6-17-11(14-7)10-15-8(12(2,3)4)5-9(13)16-10/h5-6H,1-4H3,(H2,13,15,16). The van der Waals surface area contributed by atoms with Gasteiger partial charge in [-0.3, -0.25) is 0 Å². The predicted octanol–water partition coefficient (Wildman–Crippen LogP) is 2.79. The number of hydrogen-bond donors (Lipinski definition) is 1. The molecule has 2 rings (SSSR count). The number of nitrogens with zero attached hydrogens (tertiary/aromatic N) is 3. The van der Waals surface area contributed by atoms with Crippen LogP contribution in [-0.2, 0) is 5.41 Å². The van der Waals surface area contributed by atoms with Crippen LogP contribution < -0.4 is 5.73 Å². The van der Waals surface area contributed by atoms with Crippen molar-refractivity contribution in [2.45, 2.75) is 33.1 Å². The third-order valence-corrected chi connectivity index (χ3v) is 3.28. The number of hydrogen-bond acceptors (Lipinski definition) is 5. The molecule has 0 spiro atoms. The maximum atomic E-state index is 5.83. The van der Waals surface area contributed by atoms with Crippen LogP contribution in [0.5, 0.6) is 0 Å². The lowest BCUT2D eigenvalue weighted by Crippen LogP contribution is -2.15. The van der Waals surface area contributed by atoms with Crippen LogP contribution >= 0.6 is 11.3 Å². The molecule has 4 nitrogen and oxygen atoms in total. The van der Waals surface area contributed by atoms with Gasteiger partial charge in [-0.25, -0.2) is 15.0 Å². The first-order valence-electron chi connectivity index (χ1n) is 5.44. The van der Waals surface area contributed by atoms with Crippen molar-refractivity contribution in [1.29, 1.82) is 0 Å². The average molecular weight is 248 g/mol. The Labute approximate surface area is 105 Å². The Hall–Kier alpha value is -1.49. The number of thiazole rings is 1. The van der Waals surface area contributed by atoms with Gasteiger partial charge < -0.3 is 5.73 Å². The molecule has 0 amide bonds. The van der Waals surface area contributed by atoms with Crippen LogP contribution in [0.25, 0.3) is 10.8 Å². The molecular formula is C12H16N4S. The quantitative estimate of drug-likeness (QED) is 0.842. The number of rotatable bonds is 1. The fourth-order valence-electron chi connectivity index (χ4n) is 1.40. The Bertz CT molecular complexity index is 540. The molecule has 0 bridgehead atoms. The van der Waals surface area contributed by atoms with E-state index in [9.17, 15) is 0 Å². The molecule has 0 aliphatic carbocycles. The summed E-state index contributed by atoms with van der Waals surface area (Å²) in [5.74, 6) is 1.11. The maximum Gasteiger partial charge on any atom is 0.190 e. The van der Waals surface area contributed by atoms with Gasteiger partial charge in [0.25, 0.3) is 0 Å². The van der Waals surface area contributed by atoms with E-state index in [4.69, 9.17) is 5.73 Å². The van der Waals surface area contributed by atoms with E-state index in [-0.39, 0.29) is 5.41 Å². The third-order valence-electron chi connectivity index (χ3n) is 2.32. The molecule has 0 aromatic carbocycles. The van der Waals surface area contributed by atoms with Gasteiger partial charge in [0.15, 0.2) is 10.8 Å². The second-order valence-electron chi connectivity index (χ2n) is 5.05. The normalized spacial score (nSPS) is 11.8. The van der Waals surface area contributed by atoms with Crippen molar-refractivity contribution in [3.05, 3.63) is 22.8 Å². The first-order chi connectivity index (χ1) is 7.86. The zero-order chi connectivity index (χ0) is 12.6. The minimum Gasteiger partial charge on any atom is -0.384 e. The Morgan fingerprint density at radius 2 is 1.88 bits per heavy atom. The number of nitrogens with two attached hydrogens (primary N) is 1. The molecule has 90 valence electrons. The molecule has 0 unspecified atom stereocenters. The predicted molar refractivity (Wildman–Crippen MR) is 71.0 cm³/mol. The molecule has 2 N–H and O–H groups in total. The van der Waals surface area contributed by atoms with Crippen molar-refractivity contribution in [2.24, 2.45) is 0 Å². The SMILES string of the molecule is Cc1csc(-c2nc(N)cc(C(C)(C)C)n2)n1. The highest BCUT2D eigenvalue weighted by molar-refractivity contribution is 7.13. The van der Waals surface area contributed by atoms with E-state index in [0.717, 1.165) is 16.4 Å². The Morgan fingerprint density at radius 1 is 1.18 bits per heavy atom. The van der Waals surface area contributed by atoms with E-state index >= 15 is 0 Å². The van der Waals surface area contributed by atoms with Gasteiger partial charge in [-0.2, -0.15) is 0 Å². The summed E-state index contributed by atoms with van der Waals surface area (Å²) in [5, 5.41) is 2.80. The van der Waals surface area contributed by atoms with Gasteiger partial charge >= 0.3 is 0 Å². The van der Waals surface area contributed by atoms with Crippen molar-refractivity contribution in [3.8, 4) is 10.8 Å². The molecule has 0 radical (unpaired) electrons. The molecular weight excluding hydrogens is 232 g/mol. The molecule has 0 fully saturated rings. The molecule has 2 aromatic heterocycles. The molecule has 2 aromatic rings. The highest BCUT2D eigenvalue weighted by atomic mass is 32.1. The van der Waals surface area contributed by atoms with Gasteiger partial charge in [0, 0.05) is 22.6 Å². The van der Waals surface area contributed by atoms with E-state index < -0.39 is 0 Å². The fourth-order valence-corrected chi connectivity index (χ4v) is 2.13. The van der Waals surface area contributed by atoms with Crippen LogP contribution in [0.1, 0.15) is 32.2 Å². The van der Waals surface area contributed by atoms with Crippen LogP contribution in [0, 0.1) is 6.92 Å².